The van der Waals surface area contributed by atoms with Crippen LogP contribution in [-0.4, -0.2) is 32.4 Å². The quantitative estimate of drug-likeness (QED) is 0.665. The van der Waals surface area contributed by atoms with Gasteiger partial charge in [0.05, 0.1) is 17.1 Å². The van der Waals surface area contributed by atoms with E-state index >= 15 is 0 Å². The Hall–Kier alpha value is -3.62. The highest BCUT2D eigenvalue weighted by Crippen LogP contribution is 2.51. The first-order valence-corrected chi connectivity index (χ1v) is 10.0. The smallest absolute Gasteiger partial charge is 0.272 e. The number of aromatic amines is 1. The summed E-state index contributed by atoms with van der Waals surface area (Å²) in [5, 5.41) is 10.6. The Morgan fingerprint density at radius 3 is 2.52 bits per heavy atom. The molecule has 1 spiro atoms. The molecule has 0 bridgehead atoms. The fraction of sp³-hybridized carbons (Fsp3) is 0.273. The van der Waals surface area contributed by atoms with Gasteiger partial charge in [-0.3, -0.25) is 19.5 Å². The fourth-order valence-electron chi connectivity index (χ4n) is 4.78. The van der Waals surface area contributed by atoms with Gasteiger partial charge in [0.25, 0.3) is 11.5 Å². The lowest BCUT2D eigenvalue weighted by atomic mass is 9.88. The van der Waals surface area contributed by atoms with Gasteiger partial charge in [0.1, 0.15) is 29.1 Å². The first-order valence-electron chi connectivity index (χ1n) is 10.0. The van der Waals surface area contributed by atoms with Crippen LogP contribution in [0.2, 0.25) is 0 Å². The zero-order valence-electron chi connectivity index (χ0n) is 16.4. The summed E-state index contributed by atoms with van der Waals surface area (Å²) < 4.78 is 27.9. The first-order chi connectivity index (χ1) is 14.9. The van der Waals surface area contributed by atoms with E-state index in [1.807, 2.05) is 0 Å². The number of hydrogen-bond acceptors (Lipinski definition) is 5. The van der Waals surface area contributed by atoms with Crippen LogP contribution in [0.15, 0.2) is 46.2 Å². The van der Waals surface area contributed by atoms with Gasteiger partial charge < -0.3 is 5.32 Å². The van der Waals surface area contributed by atoms with Gasteiger partial charge in [-0.15, -0.1) is 0 Å². The van der Waals surface area contributed by atoms with E-state index in [1.165, 1.54) is 18.2 Å². The lowest BCUT2D eigenvalue weighted by molar-refractivity contribution is -0.130. The number of benzene rings is 2. The molecule has 2 aromatic carbocycles. The van der Waals surface area contributed by atoms with Crippen LogP contribution in [0.25, 0.3) is 10.8 Å². The van der Waals surface area contributed by atoms with Crippen molar-refractivity contribution in [3.63, 3.8) is 0 Å². The van der Waals surface area contributed by atoms with E-state index in [9.17, 15) is 18.4 Å². The Labute approximate surface area is 174 Å². The van der Waals surface area contributed by atoms with E-state index in [0.717, 1.165) is 6.07 Å². The van der Waals surface area contributed by atoms with E-state index in [-0.39, 0.29) is 17.1 Å². The van der Waals surface area contributed by atoms with Crippen molar-refractivity contribution in [1.29, 1.82) is 0 Å². The van der Waals surface area contributed by atoms with Crippen LogP contribution in [-0.2, 0) is 4.79 Å². The minimum atomic E-state index is -0.707. The van der Waals surface area contributed by atoms with Crippen LogP contribution < -0.4 is 10.9 Å². The monoisotopic (exact) mass is 421 g/mol. The third-order valence-corrected chi connectivity index (χ3v) is 6.36. The van der Waals surface area contributed by atoms with Crippen LogP contribution >= 0.6 is 0 Å². The molecule has 1 fully saturated rings. The van der Waals surface area contributed by atoms with Gasteiger partial charge >= 0.3 is 0 Å². The van der Waals surface area contributed by atoms with E-state index in [4.69, 9.17) is 0 Å². The zero-order valence-corrected chi connectivity index (χ0v) is 16.4. The highest BCUT2D eigenvalue weighted by Gasteiger charge is 2.59. The molecule has 0 saturated heterocycles. The molecular formula is C22H17F2N5O2. The maximum absolute atomic E-state index is 14.3. The minimum absolute atomic E-state index is 0.115. The number of amidine groups is 1. The summed E-state index contributed by atoms with van der Waals surface area (Å²) in [6.07, 6.45) is 1.38. The Bertz CT molecular complexity index is 1360. The Morgan fingerprint density at radius 2 is 1.84 bits per heavy atom. The molecular weight excluding hydrogens is 404 g/mol. The largest absolute Gasteiger partial charge is 0.375 e. The number of aliphatic imine (C=N–C) groups is 1. The van der Waals surface area contributed by atoms with Crippen molar-refractivity contribution in [3.8, 4) is 0 Å². The van der Waals surface area contributed by atoms with Crippen molar-refractivity contribution in [2.24, 2.45) is 4.99 Å². The van der Waals surface area contributed by atoms with E-state index in [0.29, 0.717) is 41.0 Å². The maximum Gasteiger partial charge on any atom is 0.272 e. The molecule has 1 amide bonds. The molecule has 2 N–H and O–H groups in total. The summed E-state index contributed by atoms with van der Waals surface area (Å²) >= 11 is 0. The molecule has 9 heteroatoms. The number of nitrogens with zero attached hydrogens (tertiary/aromatic N) is 3. The van der Waals surface area contributed by atoms with Crippen molar-refractivity contribution >= 4 is 28.2 Å². The number of carbonyl (C=O) groups excluding carboxylic acids is 1. The van der Waals surface area contributed by atoms with Gasteiger partial charge in [-0.05, 0) is 49.6 Å². The molecule has 2 atom stereocenters. The van der Waals surface area contributed by atoms with Gasteiger partial charge in [-0.25, -0.2) is 13.9 Å². The number of aromatic nitrogens is 2. The van der Waals surface area contributed by atoms with Crippen molar-refractivity contribution in [2.75, 3.05) is 5.32 Å². The highest BCUT2D eigenvalue weighted by atomic mass is 19.1. The SMILES string of the molecule is CC1=NC2(CC2)C(=O)N1[C@H]1c2n[nH]c(=O)c3cc(F)cc(c23)N[C@@H]1c1ccc(F)cc1. The normalized spacial score (nSPS) is 23.3. The third-order valence-electron chi connectivity index (χ3n) is 6.36. The molecule has 3 aliphatic rings. The number of carbonyl (C=O) groups is 1. The molecule has 31 heavy (non-hydrogen) atoms. The molecule has 0 radical (unpaired) electrons. The molecule has 2 aliphatic heterocycles. The Balaban J connectivity index is 1.61. The summed E-state index contributed by atoms with van der Waals surface area (Å²) in [6, 6.07) is 7.16. The van der Waals surface area contributed by atoms with Crippen LogP contribution in [0, 0.1) is 11.6 Å². The van der Waals surface area contributed by atoms with Crippen LogP contribution in [0.4, 0.5) is 14.5 Å². The van der Waals surface area contributed by atoms with Crippen molar-refractivity contribution < 1.29 is 13.6 Å². The maximum atomic E-state index is 14.3. The van der Waals surface area contributed by atoms with Gasteiger partial charge in [-0.1, -0.05) is 12.1 Å². The van der Waals surface area contributed by atoms with Gasteiger partial charge in [0.2, 0.25) is 0 Å². The molecule has 1 aliphatic carbocycles. The number of H-pyrrole nitrogens is 1. The zero-order chi connectivity index (χ0) is 21.5. The number of halogens is 2. The van der Waals surface area contributed by atoms with Crippen LogP contribution in [0.1, 0.15) is 43.1 Å². The van der Waals surface area contributed by atoms with E-state index in [1.54, 1.807) is 24.0 Å². The van der Waals surface area contributed by atoms with E-state index in [2.05, 4.69) is 20.5 Å². The predicted molar refractivity (Wildman–Crippen MR) is 110 cm³/mol. The number of anilines is 1. The Kier molecular flexibility index (Phi) is 3.50. The average molecular weight is 421 g/mol. The molecule has 3 heterocycles. The minimum Gasteiger partial charge on any atom is -0.375 e. The number of rotatable bonds is 2. The van der Waals surface area contributed by atoms with Crippen molar-refractivity contribution in [1.82, 2.24) is 15.1 Å². The number of hydrogen-bond donors (Lipinski definition) is 2. The molecule has 1 aromatic heterocycles. The van der Waals surface area contributed by atoms with Crippen LogP contribution in [0.5, 0.6) is 0 Å². The fourth-order valence-corrected chi connectivity index (χ4v) is 4.78. The standard InChI is InChI=1S/C22H17F2N5O2/c1-10-26-22(6-7-22)21(31)29(10)19-17(11-2-4-12(23)5-3-11)25-15-9-13(24)8-14-16(15)18(19)27-28-20(14)30/h2-5,8-9,17,19,25H,6-7H2,1H3,(H,28,30)/t17-,19-/m1/s1. The lowest BCUT2D eigenvalue weighted by Crippen LogP contribution is -2.44. The molecule has 156 valence electrons. The summed E-state index contributed by atoms with van der Waals surface area (Å²) in [6.45, 7) is 1.77. The molecule has 3 aromatic rings. The third kappa shape index (κ3) is 2.49. The molecule has 6 rings (SSSR count). The van der Waals surface area contributed by atoms with Crippen molar-refractivity contribution in [3.05, 3.63) is 69.6 Å². The Morgan fingerprint density at radius 1 is 1.10 bits per heavy atom. The van der Waals surface area contributed by atoms with Gasteiger partial charge in [-0.2, -0.15) is 5.10 Å². The van der Waals surface area contributed by atoms with Crippen molar-refractivity contribution in [2.45, 2.75) is 37.4 Å². The van der Waals surface area contributed by atoms with Crippen LogP contribution in [0.3, 0.4) is 0 Å². The second-order valence-electron chi connectivity index (χ2n) is 8.30. The number of amides is 1. The summed E-state index contributed by atoms with van der Waals surface area (Å²) in [5.74, 6) is -0.510. The van der Waals surface area contributed by atoms with Gasteiger partial charge in [0.15, 0.2) is 0 Å². The second-order valence-corrected chi connectivity index (χ2v) is 8.30. The highest BCUT2D eigenvalue weighted by molar-refractivity contribution is 6.10. The lowest BCUT2D eigenvalue weighted by Gasteiger charge is -2.39. The van der Waals surface area contributed by atoms with Gasteiger partial charge in [0, 0.05) is 11.1 Å². The number of nitrogens with one attached hydrogen (secondary N) is 2. The summed E-state index contributed by atoms with van der Waals surface area (Å²) in [7, 11) is 0. The van der Waals surface area contributed by atoms with E-state index < -0.39 is 29.0 Å². The predicted octanol–water partition coefficient (Wildman–Crippen LogP) is 3.20. The second kappa shape index (κ2) is 5.96. The average Bonchev–Trinajstić information content (AvgIpc) is 3.47. The summed E-state index contributed by atoms with van der Waals surface area (Å²) in [4.78, 5) is 31.9. The molecule has 0 unspecified atom stereocenters. The molecule has 1 saturated carbocycles. The summed E-state index contributed by atoms with van der Waals surface area (Å²) in [5.41, 5.74) is 0.314. The topological polar surface area (TPSA) is 90.5 Å². The first kappa shape index (κ1) is 18.2. The molecule has 7 nitrogen and oxygen atoms in total.